The molecule has 1 heterocycles. The second kappa shape index (κ2) is 12.2. The molecule has 1 aliphatic carbocycles. The lowest BCUT2D eigenvalue weighted by molar-refractivity contribution is 0.0468. The summed E-state index contributed by atoms with van der Waals surface area (Å²) in [4.78, 5) is 21.2. The Labute approximate surface area is 231 Å². The van der Waals surface area contributed by atoms with Gasteiger partial charge in [-0.3, -0.25) is 4.90 Å². The van der Waals surface area contributed by atoms with E-state index in [2.05, 4.69) is 66.1 Å². The fraction of sp³-hybridized carbons (Fsp3) is 0.500. The molecular weight excluding hydrogens is 505 g/mol. The van der Waals surface area contributed by atoms with Gasteiger partial charge in [0, 0.05) is 39.6 Å². The summed E-state index contributed by atoms with van der Waals surface area (Å²) in [7, 11) is 4.44. The molecule has 0 radical (unpaired) electrons. The Morgan fingerprint density at radius 1 is 1.11 bits per heavy atom. The van der Waals surface area contributed by atoms with E-state index in [1.54, 1.807) is 6.07 Å². The maximum absolute atomic E-state index is 12.9. The second-order valence-corrected chi connectivity index (χ2v) is 11.3. The van der Waals surface area contributed by atoms with Crippen molar-refractivity contribution < 1.29 is 9.53 Å². The van der Waals surface area contributed by atoms with Gasteiger partial charge in [-0.25, -0.2) is 4.79 Å². The number of halogens is 2. The number of carbonyl (C=O) groups excluding carboxylic acids is 1. The smallest absolute Gasteiger partial charge is 0.355 e. The number of esters is 1. The molecule has 3 aromatic rings. The molecule has 0 amide bonds. The number of carbonyl (C=O) groups is 1. The molecule has 0 spiro atoms. The number of aromatic amines is 1. The topological polar surface area (TPSA) is 48.6 Å². The van der Waals surface area contributed by atoms with Gasteiger partial charge in [0.2, 0.25) is 0 Å². The maximum Gasteiger partial charge on any atom is 0.355 e. The number of fused-ring (bicyclic) bond motifs is 1. The zero-order chi connectivity index (χ0) is 26.6. The molecule has 0 bridgehead atoms. The summed E-state index contributed by atoms with van der Waals surface area (Å²) in [6, 6.07) is 14.8. The van der Waals surface area contributed by atoms with Crippen molar-refractivity contribution in [2.24, 2.45) is 0 Å². The lowest BCUT2D eigenvalue weighted by atomic mass is 9.74. The van der Waals surface area contributed by atoms with Crippen LogP contribution in [-0.4, -0.2) is 59.6 Å². The van der Waals surface area contributed by atoms with Crippen molar-refractivity contribution in [3.8, 4) is 0 Å². The van der Waals surface area contributed by atoms with E-state index < -0.39 is 0 Å². The minimum absolute atomic E-state index is 0.159. The standard InChI is InChI=1S/C30H39Cl2N3O2/c1-5-16-35(23-12-14-30(15-13-23,34(3)4)19-21-10-8-7-9-11-21)20-24-27-25(32)17-22(31)18-26(27)33-28(24)29(36)37-6-2/h7-11,17-18,23,33H,5-6,12-16,19-20H2,1-4H3. The van der Waals surface area contributed by atoms with Crippen LogP contribution in [0.25, 0.3) is 10.9 Å². The zero-order valence-corrected chi connectivity index (χ0v) is 24.0. The first-order valence-electron chi connectivity index (χ1n) is 13.4. The number of hydrogen-bond acceptors (Lipinski definition) is 4. The number of likely N-dealkylation sites (N-methyl/N-ethyl adjacent to an activating group) is 1. The predicted octanol–water partition coefficient (Wildman–Crippen LogP) is 7.35. The van der Waals surface area contributed by atoms with Gasteiger partial charge < -0.3 is 14.6 Å². The van der Waals surface area contributed by atoms with Crippen LogP contribution in [0.1, 0.15) is 67.6 Å². The molecule has 1 aromatic heterocycles. The minimum atomic E-state index is -0.351. The van der Waals surface area contributed by atoms with E-state index in [0.29, 0.717) is 34.9 Å². The molecule has 1 fully saturated rings. The summed E-state index contributed by atoms with van der Waals surface area (Å²) >= 11 is 13.0. The molecule has 2 aromatic carbocycles. The Morgan fingerprint density at radius 3 is 2.43 bits per heavy atom. The largest absolute Gasteiger partial charge is 0.461 e. The van der Waals surface area contributed by atoms with E-state index in [4.69, 9.17) is 27.9 Å². The van der Waals surface area contributed by atoms with E-state index >= 15 is 0 Å². The molecule has 0 saturated heterocycles. The van der Waals surface area contributed by atoms with Gasteiger partial charge in [-0.2, -0.15) is 0 Å². The van der Waals surface area contributed by atoms with Crippen LogP contribution >= 0.6 is 23.2 Å². The van der Waals surface area contributed by atoms with Gasteiger partial charge in [0.25, 0.3) is 0 Å². The average Bonchev–Trinajstić information content (AvgIpc) is 3.23. The molecular formula is C30H39Cl2N3O2. The summed E-state index contributed by atoms with van der Waals surface area (Å²) in [5, 5.41) is 1.95. The van der Waals surface area contributed by atoms with E-state index in [-0.39, 0.29) is 11.5 Å². The van der Waals surface area contributed by atoms with Crippen LogP contribution in [0.5, 0.6) is 0 Å². The van der Waals surface area contributed by atoms with E-state index in [9.17, 15) is 4.79 Å². The summed E-state index contributed by atoms with van der Waals surface area (Å²) in [5.41, 5.74) is 3.70. The Balaban J connectivity index is 1.60. The van der Waals surface area contributed by atoms with Crippen LogP contribution in [0.15, 0.2) is 42.5 Å². The maximum atomic E-state index is 12.9. The van der Waals surface area contributed by atoms with Gasteiger partial charge in [-0.15, -0.1) is 0 Å². The number of rotatable bonds is 10. The molecule has 200 valence electrons. The highest BCUT2D eigenvalue weighted by Gasteiger charge is 2.39. The second-order valence-electron chi connectivity index (χ2n) is 10.5. The Morgan fingerprint density at radius 2 is 1.81 bits per heavy atom. The van der Waals surface area contributed by atoms with Crippen LogP contribution < -0.4 is 0 Å². The van der Waals surface area contributed by atoms with Crippen LogP contribution in [0.3, 0.4) is 0 Å². The van der Waals surface area contributed by atoms with Gasteiger partial charge in [0.1, 0.15) is 5.69 Å². The molecule has 0 aliphatic heterocycles. The summed E-state index contributed by atoms with van der Waals surface area (Å²) < 4.78 is 5.40. The molecule has 7 heteroatoms. The number of ether oxygens (including phenoxy) is 1. The van der Waals surface area contributed by atoms with Crippen LogP contribution in [0.2, 0.25) is 10.0 Å². The van der Waals surface area contributed by atoms with Gasteiger partial charge in [-0.1, -0.05) is 60.5 Å². The molecule has 5 nitrogen and oxygen atoms in total. The third-order valence-corrected chi connectivity index (χ3v) is 8.51. The van der Waals surface area contributed by atoms with Gasteiger partial charge in [0.05, 0.1) is 11.6 Å². The summed E-state index contributed by atoms with van der Waals surface area (Å²) in [6.45, 7) is 5.95. The van der Waals surface area contributed by atoms with Crippen molar-refractivity contribution in [1.29, 1.82) is 0 Å². The van der Waals surface area contributed by atoms with Crippen molar-refractivity contribution in [3.05, 3.63) is 69.3 Å². The number of nitrogens with one attached hydrogen (secondary N) is 1. The molecule has 1 N–H and O–H groups in total. The molecule has 1 saturated carbocycles. The van der Waals surface area contributed by atoms with Gasteiger partial charge in [0.15, 0.2) is 0 Å². The summed E-state index contributed by atoms with van der Waals surface area (Å²) in [5.74, 6) is -0.351. The fourth-order valence-corrected chi connectivity index (χ4v) is 6.60. The van der Waals surface area contributed by atoms with Crippen molar-refractivity contribution in [2.45, 2.75) is 70.5 Å². The number of benzene rings is 2. The van der Waals surface area contributed by atoms with E-state index in [0.717, 1.165) is 61.5 Å². The van der Waals surface area contributed by atoms with E-state index in [1.807, 2.05) is 13.0 Å². The molecule has 37 heavy (non-hydrogen) atoms. The molecule has 1 aliphatic rings. The fourth-order valence-electron chi connectivity index (χ4n) is 5.99. The van der Waals surface area contributed by atoms with Crippen LogP contribution in [0.4, 0.5) is 0 Å². The highest BCUT2D eigenvalue weighted by molar-refractivity contribution is 6.39. The normalized spacial score (nSPS) is 20.2. The van der Waals surface area contributed by atoms with Crippen LogP contribution in [0, 0.1) is 0 Å². The first kappa shape index (κ1) is 28.0. The molecule has 0 unspecified atom stereocenters. The van der Waals surface area contributed by atoms with Gasteiger partial charge in [-0.05, 0) is 83.8 Å². The number of aromatic nitrogens is 1. The van der Waals surface area contributed by atoms with Crippen molar-refractivity contribution >= 4 is 40.1 Å². The zero-order valence-electron chi connectivity index (χ0n) is 22.4. The highest BCUT2D eigenvalue weighted by Crippen LogP contribution is 2.39. The van der Waals surface area contributed by atoms with Crippen LogP contribution in [-0.2, 0) is 17.7 Å². The van der Waals surface area contributed by atoms with Gasteiger partial charge >= 0.3 is 5.97 Å². The number of hydrogen-bond donors (Lipinski definition) is 1. The number of H-pyrrole nitrogens is 1. The Hall–Kier alpha value is -2.05. The SMILES string of the molecule is CCCN(Cc1c(C(=O)OCC)[nH]c2cc(Cl)cc(Cl)c12)C1CCC(Cc2ccccc2)(N(C)C)CC1. The Bertz CT molecular complexity index is 1200. The van der Waals surface area contributed by atoms with Crippen molar-refractivity contribution in [1.82, 2.24) is 14.8 Å². The first-order chi connectivity index (χ1) is 17.8. The third-order valence-electron chi connectivity index (χ3n) is 8.00. The quantitative estimate of drug-likeness (QED) is 0.271. The highest BCUT2D eigenvalue weighted by atomic mass is 35.5. The lowest BCUT2D eigenvalue weighted by Crippen LogP contribution is -2.52. The summed E-state index contributed by atoms with van der Waals surface area (Å²) in [6.07, 6.45) is 6.59. The first-order valence-corrected chi connectivity index (χ1v) is 14.2. The lowest BCUT2D eigenvalue weighted by Gasteiger charge is -2.47. The minimum Gasteiger partial charge on any atom is -0.461 e. The predicted molar refractivity (Wildman–Crippen MR) is 154 cm³/mol. The number of nitrogens with zero attached hydrogens (tertiary/aromatic N) is 2. The monoisotopic (exact) mass is 543 g/mol. The van der Waals surface area contributed by atoms with Crippen molar-refractivity contribution in [2.75, 3.05) is 27.2 Å². The molecule has 4 rings (SSSR count). The third kappa shape index (κ3) is 6.17. The average molecular weight is 545 g/mol. The Kier molecular flexibility index (Phi) is 9.23. The van der Waals surface area contributed by atoms with Crippen molar-refractivity contribution in [3.63, 3.8) is 0 Å². The van der Waals surface area contributed by atoms with E-state index in [1.165, 1.54) is 5.56 Å². The molecule has 0 atom stereocenters.